The summed E-state index contributed by atoms with van der Waals surface area (Å²) in [7, 11) is -1.55. The number of piperazine rings is 1. The van der Waals surface area contributed by atoms with E-state index in [0.29, 0.717) is 24.7 Å². The van der Waals surface area contributed by atoms with Gasteiger partial charge in [-0.1, -0.05) is 18.2 Å². The number of aromatic nitrogens is 2. The van der Waals surface area contributed by atoms with Crippen molar-refractivity contribution >= 4 is 33.0 Å². The molecule has 0 atom stereocenters. The molecule has 0 amide bonds. The summed E-state index contributed by atoms with van der Waals surface area (Å²) in [5, 5.41) is 0. The Bertz CT molecular complexity index is 1440. The summed E-state index contributed by atoms with van der Waals surface area (Å²) in [5.74, 6) is 1.15. The maximum Gasteiger partial charge on any atom is 0.243 e. The van der Waals surface area contributed by atoms with E-state index in [1.165, 1.54) is 0 Å². The Morgan fingerprint density at radius 2 is 1.39 bits per heavy atom. The number of benzene rings is 2. The Hall–Kier alpha value is -3.79. The molecule has 2 aromatic carbocycles. The van der Waals surface area contributed by atoms with Gasteiger partial charge in [0, 0.05) is 49.9 Å². The van der Waals surface area contributed by atoms with Crippen LogP contribution < -0.4 is 10.6 Å². The zero-order valence-electron chi connectivity index (χ0n) is 20.0. The third-order valence-corrected chi connectivity index (χ3v) is 8.21. The molecule has 0 radical (unpaired) electrons. The van der Waals surface area contributed by atoms with E-state index in [1.54, 1.807) is 28.8 Å². The molecule has 0 unspecified atom stereocenters. The molecule has 36 heavy (non-hydrogen) atoms. The van der Waals surface area contributed by atoms with Gasteiger partial charge < -0.3 is 10.6 Å². The second kappa shape index (κ2) is 10.1. The highest BCUT2D eigenvalue weighted by Gasteiger charge is 2.27. The summed E-state index contributed by atoms with van der Waals surface area (Å²) in [6, 6.07) is 24.5. The van der Waals surface area contributed by atoms with Crippen molar-refractivity contribution in [1.82, 2.24) is 19.2 Å². The van der Waals surface area contributed by atoms with Crippen molar-refractivity contribution in [3.05, 3.63) is 91.3 Å². The van der Waals surface area contributed by atoms with Gasteiger partial charge in [0.1, 0.15) is 11.6 Å². The summed E-state index contributed by atoms with van der Waals surface area (Å²) < 4.78 is 28.0. The number of para-hydroxylation sites is 1. The molecule has 1 fully saturated rings. The molecular weight excluding hydrogens is 472 g/mol. The largest absolute Gasteiger partial charge is 0.384 e. The van der Waals surface area contributed by atoms with Gasteiger partial charge in [-0.25, -0.2) is 18.4 Å². The topological polar surface area (TPSA) is 95.7 Å². The predicted molar refractivity (Wildman–Crippen MR) is 143 cm³/mol. The maximum atomic E-state index is 13.2. The minimum Gasteiger partial charge on any atom is -0.384 e. The molecule has 0 aliphatic carbocycles. The second-order valence-corrected chi connectivity index (χ2v) is 10.7. The van der Waals surface area contributed by atoms with Crippen molar-refractivity contribution in [3.8, 4) is 11.1 Å². The van der Waals surface area contributed by atoms with Crippen LogP contribution in [-0.4, -0.2) is 60.8 Å². The van der Waals surface area contributed by atoms with Gasteiger partial charge in [0.25, 0.3) is 0 Å². The summed E-state index contributed by atoms with van der Waals surface area (Å²) in [5.41, 5.74) is 9.49. The van der Waals surface area contributed by atoms with Gasteiger partial charge >= 0.3 is 0 Å². The number of nitrogens with two attached hydrogens (primary N) is 1. The van der Waals surface area contributed by atoms with E-state index < -0.39 is 10.0 Å². The number of anilines is 4. The Labute approximate surface area is 211 Å². The van der Waals surface area contributed by atoms with Crippen LogP contribution in [0.25, 0.3) is 11.1 Å². The number of rotatable bonds is 6. The molecule has 4 aromatic rings. The van der Waals surface area contributed by atoms with Crippen LogP contribution in [0, 0.1) is 0 Å². The van der Waals surface area contributed by atoms with Crippen molar-refractivity contribution in [1.29, 1.82) is 0 Å². The molecule has 1 saturated heterocycles. The Kier molecular flexibility index (Phi) is 6.69. The Morgan fingerprint density at radius 3 is 2.06 bits per heavy atom. The van der Waals surface area contributed by atoms with Crippen LogP contribution in [-0.2, 0) is 10.0 Å². The first-order valence-electron chi connectivity index (χ1n) is 11.7. The summed E-state index contributed by atoms with van der Waals surface area (Å²) in [6.45, 7) is 2.44. The first kappa shape index (κ1) is 23.9. The average molecular weight is 501 g/mol. The van der Waals surface area contributed by atoms with Gasteiger partial charge in [0.15, 0.2) is 0 Å². The van der Waals surface area contributed by atoms with Gasteiger partial charge in [0.05, 0.1) is 4.90 Å². The van der Waals surface area contributed by atoms with Crippen molar-refractivity contribution in [2.45, 2.75) is 4.90 Å². The van der Waals surface area contributed by atoms with E-state index in [1.807, 2.05) is 78.7 Å². The van der Waals surface area contributed by atoms with Crippen LogP contribution in [0.15, 0.2) is 96.2 Å². The smallest absolute Gasteiger partial charge is 0.243 e. The minimum atomic E-state index is -3.55. The second-order valence-electron chi connectivity index (χ2n) is 8.74. The van der Waals surface area contributed by atoms with E-state index in [0.717, 1.165) is 35.6 Å². The highest BCUT2D eigenvalue weighted by Crippen LogP contribution is 2.35. The number of hydrogen-bond acceptors (Lipinski definition) is 7. The van der Waals surface area contributed by atoms with Gasteiger partial charge in [0.2, 0.25) is 10.0 Å². The Morgan fingerprint density at radius 1 is 0.778 bits per heavy atom. The number of nitrogen functional groups attached to an aromatic ring is 1. The third-order valence-electron chi connectivity index (χ3n) is 6.30. The van der Waals surface area contributed by atoms with Gasteiger partial charge in [-0.15, -0.1) is 0 Å². The van der Waals surface area contributed by atoms with Crippen molar-refractivity contribution in [2.75, 3.05) is 43.9 Å². The van der Waals surface area contributed by atoms with E-state index in [4.69, 9.17) is 5.73 Å². The molecule has 0 spiro atoms. The van der Waals surface area contributed by atoms with Crippen molar-refractivity contribution in [2.24, 2.45) is 0 Å². The zero-order valence-corrected chi connectivity index (χ0v) is 20.8. The number of pyridine rings is 2. The lowest BCUT2D eigenvalue weighted by Gasteiger charge is -2.31. The quantitative estimate of drug-likeness (QED) is 0.425. The zero-order chi connectivity index (χ0) is 25.1. The normalized spacial score (nSPS) is 15.0. The van der Waals surface area contributed by atoms with Crippen LogP contribution in [0.3, 0.4) is 0 Å². The van der Waals surface area contributed by atoms with E-state index in [9.17, 15) is 8.42 Å². The number of nitrogens with zero attached hydrogens (tertiary/aromatic N) is 5. The van der Waals surface area contributed by atoms with Gasteiger partial charge in [-0.3, -0.25) is 4.90 Å². The fourth-order valence-corrected chi connectivity index (χ4v) is 5.71. The fraction of sp³-hybridized carbons (Fsp3) is 0.185. The first-order valence-corrected chi connectivity index (χ1v) is 13.2. The minimum absolute atomic E-state index is 0.290. The maximum absolute atomic E-state index is 13.2. The third kappa shape index (κ3) is 4.94. The van der Waals surface area contributed by atoms with E-state index in [2.05, 4.69) is 14.9 Å². The molecule has 9 heteroatoms. The van der Waals surface area contributed by atoms with Crippen LogP contribution in [0.4, 0.5) is 23.0 Å². The van der Waals surface area contributed by atoms with Crippen molar-refractivity contribution < 1.29 is 8.42 Å². The van der Waals surface area contributed by atoms with E-state index >= 15 is 0 Å². The molecule has 3 heterocycles. The predicted octanol–water partition coefficient (Wildman–Crippen LogP) is 4.13. The number of sulfonamides is 1. The van der Waals surface area contributed by atoms with Crippen LogP contribution in [0.5, 0.6) is 0 Å². The molecule has 8 nitrogen and oxygen atoms in total. The lowest BCUT2D eigenvalue weighted by Crippen LogP contribution is -2.46. The standard InChI is InChI=1S/C27H28N6O2S/c1-31-15-17-32(18-16-31)36(34,35)25-9-7-24(8-10-25)33(23-5-3-2-4-6-23)27-20-22(12-14-30-27)21-11-13-29-26(28)19-21/h2-14,19-20H,15-18H2,1H3,(H2,28,29). The molecule has 1 aliphatic heterocycles. The average Bonchev–Trinajstić information content (AvgIpc) is 2.90. The number of likely N-dealkylation sites (N-methyl/N-ethyl adjacent to an activating group) is 1. The fourth-order valence-electron chi connectivity index (χ4n) is 4.28. The lowest BCUT2D eigenvalue weighted by atomic mass is 10.1. The highest BCUT2D eigenvalue weighted by molar-refractivity contribution is 7.89. The molecule has 5 rings (SSSR count). The highest BCUT2D eigenvalue weighted by atomic mass is 32.2. The SMILES string of the molecule is CN1CCN(S(=O)(=O)c2ccc(N(c3ccccc3)c3cc(-c4ccnc(N)c4)ccn3)cc2)CC1. The molecule has 184 valence electrons. The Balaban J connectivity index is 1.51. The molecule has 0 saturated carbocycles. The van der Waals surface area contributed by atoms with Crippen LogP contribution >= 0.6 is 0 Å². The van der Waals surface area contributed by atoms with Gasteiger partial charge in [-0.2, -0.15) is 4.31 Å². The first-order chi connectivity index (χ1) is 17.4. The molecule has 2 aromatic heterocycles. The summed E-state index contributed by atoms with van der Waals surface area (Å²) in [4.78, 5) is 13.1. The molecule has 1 aliphatic rings. The van der Waals surface area contributed by atoms with E-state index in [-0.39, 0.29) is 4.90 Å². The van der Waals surface area contributed by atoms with Crippen LogP contribution in [0.2, 0.25) is 0 Å². The summed E-state index contributed by atoms with van der Waals surface area (Å²) >= 11 is 0. The van der Waals surface area contributed by atoms with Gasteiger partial charge in [-0.05, 0) is 78.8 Å². The summed E-state index contributed by atoms with van der Waals surface area (Å²) in [6.07, 6.45) is 3.43. The lowest BCUT2D eigenvalue weighted by molar-refractivity contribution is 0.222. The molecule has 2 N–H and O–H groups in total. The number of hydrogen-bond donors (Lipinski definition) is 1. The van der Waals surface area contributed by atoms with Crippen molar-refractivity contribution in [3.63, 3.8) is 0 Å². The monoisotopic (exact) mass is 500 g/mol. The molecule has 0 bridgehead atoms. The van der Waals surface area contributed by atoms with Crippen LogP contribution in [0.1, 0.15) is 0 Å². The molecular formula is C27H28N6O2S.